The molecule has 0 aliphatic carbocycles. The third kappa shape index (κ3) is 3.96. The van der Waals surface area contributed by atoms with E-state index in [-0.39, 0.29) is 0 Å². The number of ether oxygens (including phenoxy) is 2. The summed E-state index contributed by atoms with van der Waals surface area (Å²) < 4.78 is 10.3. The van der Waals surface area contributed by atoms with Crippen molar-refractivity contribution in [1.29, 1.82) is 0 Å². The van der Waals surface area contributed by atoms with Crippen LogP contribution in [0.1, 0.15) is 5.56 Å². The molecule has 17 heavy (non-hydrogen) atoms. The number of carbonyl (C=O) groups is 1. The first kappa shape index (κ1) is 13.3. The first-order valence-corrected chi connectivity index (χ1v) is 5.30. The van der Waals surface area contributed by atoms with Gasteiger partial charge < -0.3 is 9.47 Å². The van der Waals surface area contributed by atoms with Gasteiger partial charge in [0.25, 0.3) is 0 Å². The molecule has 0 spiro atoms. The standard InChI is InChI=1S/C13H13ClO3/c1-16-12-6-4-10(9-13(12)17-2)3-5-11(14)7-8-15/h3-9H,1-2H3/b5-3+,11-7-. The second kappa shape index (κ2) is 6.76. The number of rotatable bonds is 5. The normalized spacial score (nSPS) is 11.6. The SMILES string of the molecule is COc1ccc(/C=C/C(Cl)=C/C=O)cc1OC. The molecule has 0 radical (unpaired) electrons. The molecule has 1 aromatic carbocycles. The molecule has 4 heteroatoms. The average molecular weight is 253 g/mol. The monoisotopic (exact) mass is 252 g/mol. The van der Waals surface area contributed by atoms with E-state index in [0.29, 0.717) is 22.8 Å². The zero-order valence-corrected chi connectivity index (χ0v) is 10.4. The fraction of sp³-hybridized carbons (Fsp3) is 0.154. The van der Waals surface area contributed by atoms with E-state index in [4.69, 9.17) is 21.1 Å². The summed E-state index contributed by atoms with van der Waals surface area (Å²) in [6, 6.07) is 5.49. The van der Waals surface area contributed by atoms with Gasteiger partial charge in [0.05, 0.1) is 14.2 Å². The van der Waals surface area contributed by atoms with Gasteiger partial charge in [0.1, 0.15) is 6.29 Å². The second-order valence-corrected chi connectivity index (χ2v) is 3.57. The molecule has 0 fully saturated rings. The first-order chi connectivity index (χ1) is 8.21. The van der Waals surface area contributed by atoms with Crippen molar-refractivity contribution < 1.29 is 14.3 Å². The fourth-order valence-corrected chi connectivity index (χ4v) is 1.37. The zero-order valence-electron chi connectivity index (χ0n) is 9.64. The summed E-state index contributed by atoms with van der Waals surface area (Å²) in [5, 5.41) is 0.370. The van der Waals surface area contributed by atoms with Crippen LogP contribution in [-0.2, 0) is 4.79 Å². The average Bonchev–Trinajstić information content (AvgIpc) is 2.36. The minimum atomic E-state index is 0.370. The molecule has 0 unspecified atom stereocenters. The van der Waals surface area contributed by atoms with E-state index < -0.39 is 0 Å². The Labute approximate surface area is 105 Å². The van der Waals surface area contributed by atoms with Gasteiger partial charge in [-0.1, -0.05) is 23.7 Å². The second-order valence-electron chi connectivity index (χ2n) is 3.14. The van der Waals surface area contributed by atoms with Crippen molar-refractivity contribution >= 4 is 24.0 Å². The Morgan fingerprint density at radius 1 is 1.24 bits per heavy atom. The Morgan fingerprint density at radius 3 is 2.53 bits per heavy atom. The number of carbonyl (C=O) groups excluding carboxylic acids is 1. The number of hydrogen-bond acceptors (Lipinski definition) is 3. The van der Waals surface area contributed by atoms with Gasteiger partial charge >= 0.3 is 0 Å². The molecule has 1 rings (SSSR count). The van der Waals surface area contributed by atoms with Crippen LogP contribution in [0.2, 0.25) is 0 Å². The van der Waals surface area contributed by atoms with Crippen LogP contribution in [0.3, 0.4) is 0 Å². The van der Waals surface area contributed by atoms with Crippen LogP contribution < -0.4 is 9.47 Å². The van der Waals surface area contributed by atoms with Crippen LogP contribution in [0.5, 0.6) is 11.5 Å². The fourth-order valence-electron chi connectivity index (χ4n) is 1.25. The van der Waals surface area contributed by atoms with Gasteiger partial charge in [-0.05, 0) is 29.8 Å². The van der Waals surface area contributed by atoms with Crippen LogP contribution in [-0.4, -0.2) is 20.5 Å². The maximum absolute atomic E-state index is 10.2. The Hall–Kier alpha value is -1.74. The zero-order chi connectivity index (χ0) is 12.7. The van der Waals surface area contributed by atoms with Crippen LogP contribution >= 0.6 is 11.6 Å². The molecular formula is C13H13ClO3. The van der Waals surface area contributed by atoms with Gasteiger partial charge in [0.2, 0.25) is 0 Å². The summed E-state index contributed by atoms with van der Waals surface area (Å²) in [4.78, 5) is 10.2. The van der Waals surface area contributed by atoms with Crippen molar-refractivity contribution in [2.75, 3.05) is 14.2 Å². The molecule has 0 atom stereocenters. The summed E-state index contributed by atoms with van der Waals surface area (Å²) in [5.41, 5.74) is 0.903. The van der Waals surface area contributed by atoms with E-state index in [2.05, 4.69) is 0 Å². The van der Waals surface area contributed by atoms with Gasteiger partial charge in [0, 0.05) is 5.03 Å². The predicted molar refractivity (Wildman–Crippen MR) is 68.6 cm³/mol. The van der Waals surface area contributed by atoms with Crippen molar-refractivity contribution in [1.82, 2.24) is 0 Å². The van der Waals surface area contributed by atoms with Crippen molar-refractivity contribution in [3.05, 3.63) is 40.9 Å². The van der Waals surface area contributed by atoms with E-state index in [1.54, 1.807) is 32.4 Å². The summed E-state index contributed by atoms with van der Waals surface area (Å²) in [5.74, 6) is 1.31. The lowest BCUT2D eigenvalue weighted by Crippen LogP contribution is -1.90. The summed E-state index contributed by atoms with van der Waals surface area (Å²) in [6.07, 6.45) is 5.33. The Bertz CT molecular complexity index is 450. The topological polar surface area (TPSA) is 35.5 Å². The molecule has 90 valence electrons. The number of methoxy groups -OCH3 is 2. The number of benzene rings is 1. The van der Waals surface area contributed by atoms with Crippen molar-refractivity contribution in [2.24, 2.45) is 0 Å². The highest BCUT2D eigenvalue weighted by atomic mass is 35.5. The van der Waals surface area contributed by atoms with E-state index in [1.807, 2.05) is 12.1 Å². The quantitative estimate of drug-likeness (QED) is 0.459. The van der Waals surface area contributed by atoms with Crippen LogP contribution in [0.15, 0.2) is 35.4 Å². The van der Waals surface area contributed by atoms with E-state index in [1.165, 1.54) is 6.08 Å². The Balaban J connectivity index is 2.93. The van der Waals surface area contributed by atoms with Gasteiger partial charge in [-0.15, -0.1) is 0 Å². The van der Waals surface area contributed by atoms with Crippen molar-refractivity contribution in [2.45, 2.75) is 0 Å². The maximum Gasteiger partial charge on any atom is 0.161 e. The smallest absolute Gasteiger partial charge is 0.161 e. The summed E-state index contributed by atoms with van der Waals surface area (Å²) in [7, 11) is 3.15. The molecule has 0 aromatic heterocycles. The minimum Gasteiger partial charge on any atom is -0.493 e. The molecule has 0 saturated carbocycles. The highest BCUT2D eigenvalue weighted by molar-refractivity contribution is 6.32. The van der Waals surface area contributed by atoms with E-state index in [0.717, 1.165) is 5.56 Å². The van der Waals surface area contributed by atoms with Crippen LogP contribution in [0.4, 0.5) is 0 Å². The number of halogens is 1. The van der Waals surface area contributed by atoms with Crippen molar-refractivity contribution in [3.8, 4) is 11.5 Å². The Kier molecular flexibility index (Phi) is 5.30. The van der Waals surface area contributed by atoms with Crippen molar-refractivity contribution in [3.63, 3.8) is 0 Å². The molecule has 0 N–H and O–H groups in total. The largest absolute Gasteiger partial charge is 0.493 e. The van der Waals surface area contributed by atoms with E-state index in [9.17, 15) is 4.79 Å². The lowest BCUT2D eigenvalue weighted by molar-refractivity contribution is -0.104. The number of allylic oxidation sites excluding steroid dienone is 3. The molecule has 0 heterocycles. The third-order valence-corrected chi connectivity index (χ3v) is 2.32. The summed E-state index contributed by atoms with van der Waals surface area (Å²) in [6.45, 7) is 0. The summed E-state index contributed by atoms with van der Waals surface area (Å²) >= 11 is 5.75. The first-order valence-electron chi connectivity index (χ1n) is 4.92. The molecule has 3 nitrogen and oxygen atoms in total. The molecule has 1 aromatic rings. The highest BCUT2D eigenvalue weighted by Crippen LogP contribution is 2.28. The molecule has 0 saturated heterocycles. The Morgan fingerprint density at radius 2 is 1.94 bits per heavy atom. The molecule has 0 amide bonds. The van der Waals surface area contributed by atoms with E-state index >= 15 is 0 Å². The van der Waals surface area contributed by atoms with Gasteiger partial charge in [0.15, 0.2) is 11.5 Å². The number of hydrogen-bond donors (Lipinski definition) is 0. The van der Waals surface area contributed by atoms with Crippen LogP contribution in [0.25, 0.3) is 6.08 Å². The van der Waals surface area contributed by atoms with Gasteiger partial charge in [-0.2, -0.15) is 0 Å². The maximum atomic E-state index is 10.2. The van der Waals surface area contributed by atoms with Crippen LogP contribution in [0, 0.1) is 0 Å². The number of aldehydes is 1. The lowest BCUT2D eigenvalue weighted by atomic mass is 10.2. The van der Waals surface area contributed by atoms with Gasteiger partial charge in [-0.3, -0.25) is 4.79 Å². The minimum absolute atomic E-state index is 0.370. The molecular weight excluding hydrogens is 240 g/mol. The molecule has 0 aliphatic heterocycles. The third-order valence-electron chi connectivity index (χ3n) is 2.07. The lowest BCUT2D eigenvalue weighted by Gasteiger charge is -2.07. The predicted octanol–water partition coefficient (Wildman–Crippen LogP) is 3.04. The van der Waals surface area contributed by atoms with Gasteiger partial charge in [-0.25, -0.2) is 0 Å². The molecule has 0 bridgehead atoms. The highest BCUT2D eigenvalue weighted by Gasteiger charge is 2.02. The molecule has 0 aliphatic rings.